The predicted octanol–water partition coefficient (Wildman–Crippen LogP) is 5.59. The van der Waals surface area contributed by atoms with Crippen LogP contribution in [0.2, 0.25) is 0 Å². The number of rotatable bonds is 3. The van der Waals surface area contributed by atoms with E-state index in [-0.39, 0.29) is 12.5 Å². The maximum Gasteiger partial charge on any atom is 0.417 e. The Morgan fingerprint density at radius 3 is 2.82 bits per heavy atom. The summed E-state index contributed by atoms with van der Waals surface area (Å²) in [7, 11) is 0. The number of carbonyl (C=O) groups excluding carboxylic acids is 1. The fourth-order valence-electron chi connectivity index (χ4n) is 7.37. The zero-order valence-electron chi connectivity index (χ0n) is 21.3. The van der Waals surface area contributed by atoms with Gasteiger partial charge in [-0.25, -0.2) is 0 Å². The van der Waals surface area contributed by atoms with Gasteiger partial charge < -0.3 is 4.90 Å². The second-order valence-electron chi connectivity index (χ2n) is 11.3. The molecule has 0 bridgehead atoms. The Labute approximate surface area is 220 Å². The second kappa shape index (κ2) is 9.53. The monoisotopic (exact) mass is 520 g/mol. The summed E-state index contributed by atoms with van der Waals surface area (Å²) >= 11 is 0. The topological polar surface area (TPSA) is 60.2 Å². The van der Waals surface area contributed by atoms with Crippen LogP contribution in [0.25, 0.3) is 5.57 Å². The molecule has 3 heterocycles. The zero-order chi connectivity index (χ0) is 26.5. The van der Waals surface area contributed by atoms with Crippen molar-refractivity contribution in [3.05, 3.63) is 70.6 Å². The molecule has 2 aromatic rings. The number of nitrogens with zero attached hydrogens (tertiary/aromatic N) is 4. The van der Waals surface area contributed by atoms with Gasteiger partial charge in [0, 0.05) is 50.5 Å². The van der Waals surface area contributed by atoms with Crippen molar-refractivity contribution in [2.24, 2.45) is 11.3 Å². The summed E-state index contributed by atoms with van der Waals surface area (Å²) in [5.41, 5.74) is 3.08. The quantitative estimate of drug-likeness (QED) is 0.529. The first-order chi connectivity index (χ1) is 18.3. The van der Waals surface area contributed by atoms with Crippen molar-refractivity contribution in [1.82, 2.24) is 14.8 Å². The maximum absolute atomic E-state index is 14.0. The average molecular weight is 521 g/mol. The van der Waals surface area contributed by atoms with Crippen molar-refractivity contribution in [3.63, 3.8) is 0 Å². The van der Waals surface area contributed by atoms with Crippen molar-refractivity contribution in [1.29, 1.82) is 5.26 Å². The van der Waals surface area contributed by atoms with Gasteiger partial charge in [-0.3, -0.25) is 14.7 Å². The van der Waals surface area contributed by atoms with E-state index in [0.29, 0.717) is 41.7 Å². The van der Waals surface area contributed by atoms with E-state index in [9.17, 15) is 23.2 Å². The lowest BCUT2D eigenvalue weighted by Gasteiger charge is -2.38. The van der Waals surface area contributed by atoms with E-state index in [4.69, 9.17) is 0 Å². The molecule has 1 aromatic carbocycles. The number of alkyl halides is 3. The Bertz CT molecular complexity index is 1330. The van der Waals surface area contributed by atoms with Crippen molar-refractivity contribution in [2.75, 3.05) is 19.6 Å². The molecule has 1 amide bonds. The number of hydrogen-bond donors (Lipinski definition) is 0. The molecule has 0 spiro atoms. The summed E-state index contributed by atoms with van der Waals surface area (Å²) in [5.74, 6) is 0.464. The molecule has 3 atom stereocenters. The molecule has 4 aliphatic rings. The van der Waals surface area contributed by atoms with Crippen LogP contribution in [0.4, 0.5) is 13.2 Å². The Balaban J connectivity index is 1.16. The maximum atomic E-state index is 14.0. The molecule has 0 N–H and O–H groups in total. The minimum absolute atomic E-state index is 0.132. The van der Waals surface area contributed by atoms with Crippen molar-refractivity contribution >= 4 is 11.5 Å². The molecule has 0 saturated heterocycles. The summed E-state index contributed by atoms with van der Waals surface area (Å²) in [6, 6.07) is 11.5. The average Bonchev–Trinajstić information content (AvgIpc) is 3.50. The number of amides is 1. The highest BCUT2D eigenvalue weighted by Crippen LogP contribution is 2.56. The van der Waals surface area contributed by atoms with Gasteiger partial charge in [0.25, 0.3) is 0 Å². The largest absolute Gasteiger partial charge is 0.417 e. The number of nitriles is 1. The van der Waals surface area contributed by atoms with Gasteiger partial charge in [-0.1, -0.05) is 24.6 Å². The molecular formula is C30H31F3N4O. The summed E-state index contributed by atoms with van der Waals surface area (Å²) in [4.78, 5) is 22.4. The lowest BCUT2D eigenvalue weighted by atomic mass is 9.78. The second-order valence-corrected chi connectivity index (χ2v) is 11.3. The van der Waals surface area contributed by atoms with E-state index in [1.807, 2.05) is 18.2 Å². The Morgan fingerprint density at radius 2 is 2.05 bits per heavy atom. The third-order valence-corrected chi connectivity index (χ3v) is 9.31. The summed E-state index contributed by atoms with van der Waals surface area (Å²) in [5, 5.41) is 9.22. The van der Waals surface area contributed by atoms with Crippen molar-refractivity contribution in [2.45, 2.75) is 63.7 Å². The van der Waals surface area contributed by atoms with Crippen LogP contribution in [0.5, 0.6) is 0 Å². The minimum Gasteiger partial charge on any atom is -0.337 e. The van der Waals surface area contributed by atoms with Crippen molar-refractivity contribution in [3.8, 4) is 6.07 Å². The van der Waals surface area contributed by atoms with Gasteiger partial charge in [-0.2, -0.15) is 18.4 Å². The number of aromatic nitrogens is 1. The molecule has 38 heavy (non-hydrogen) atoms. The molecular weight excluding hydrogens is 489 g/mol. The predicted molar refractivity (Wildman–Crippen MR) is 136 cm³/mol. The Hall–Kier alpha value is -3.18. The highest BCUT2D eigenvalue weighted by molar-refractivity contribution is 5.84. The normalized spacial score (nSPS) is 27.4. The van der Waals surface area contributed by atoms with Crippen LogP contribution in [0.15, 0.2) is 42.6 Å². The van der Waals surface area contributed by atoms with E-state index in [2.05, 4.69) is 28.1 Å². The van der Waals surface area contributed by atoms with E-state index < -0.39 is 17.2 Å². The molecule has 0 radical (unpaired) electrons. The zero-order valence-corrected chi connectivity index (χ0v) is 21.3. The standard InChI is InChI=1S/C30H31F3N4O/c31-30(32,33)25-14-23-19-37(12-8-27(23)35-18-25)28(38)29-9-2-5-24(29)15-26(16-29)36-10-6-21(7-11-36)22-4-1-3-20(13-22)17-34/h1,3-4,6,13-14,18,24,26H,2,5,7-12,15-16,19H2/t24-,26-,29-/m1/s1. The van der Waals surface area contributed by atoms with E-state index >= 15 is 0 Å². The lowest BCUT2D eigenvalue weighted by Crippen LogP contribution is -2.47. The van der Waals surface area contributed by atoms with E-state index in [0.717, 1.165) is 63.4 Å². The fraction of sp³-hybridized carbons (Fsp3) is 0.500. The highest BCUT2D eigenvalue weighted by Gasteiger charge is 2.57. The number of carbonyl (C=O) groups is 1. The summed E-state index contributed by atoms with van der Waals surface area (Å²) in [6.07, 6.45) is 4.91. The number of pyridine rings is 1. The molecule has 2 aliphatic carbocycles. The number of halogens is 3. The molecule has 5 nitrogen and oxygen atoms in total. The Morgan fingerprint density at radius 1 is 1.18 bits per heavy atom. The summed E-state index contributed by atoms with van der Waals surface area (Å²) in [6.45, 7) is 2.48. The van der Waals surface area contributed by atoms with Gasteiger partial charge in [0.1, 0.15) is 0 Å². The third kappa shape index (κ3) is 4.41. The molecule has 2 aliphatic heterocycles. The van der Waals surface area contributed by atoms with Gasteiger partial charge in [0.2, 0.25) is 5.91 Å². The van der Waals surface area contributed by atoms with Gasteiger partial charge in [-0.05, 0) is 72.9 Å². The van der Waals surface area contributed by atoms with E-state index in [1.165, 1.54) is 11.6 Å². The van der Waals surface area contributed by atoms with Crippen LogP contribution in [0.3, 0.4) is 0 Å². The van der Waals surface area contributed by atoms with E-state index in [1.54, 1.807) is 4.90 Å². The molecule has 0 unspecified atom stereocenters. The Kier molecular flexibility index (Phi) is 6.30. The smallest absolute Gasteiger partial charge is 0.337 e. The first-order valence-electron chi connectivity index (χ1n) is 13.5. The van der Waals surface area contributed by atoms with Gasteiger partial charge >= 0.3 is 6.18 Å². The lowest BCUT2D eigenvalue weighted by molar-refractivity contribution is -0.144. The molecule has 6 rings (SSSR count). The van der Waals surface area contributed by atoms with Crippen LogP contribution in [0.1, 0.15) is 66.5 Å². The highest BCUT2D eigenvalue weighted by atomic mass is 19.4. The molecule has 198 valence electrons. The summed E-state index contributed by atoms with van der Waals surface area (Å²) < 4.78 is 39.8. The number of fused-ring (bicyclic) bond motifs is 2. The SMILES string of the molecule is N#Cc1cccc(C2=CCN([C@@H]3C[C@H]4CCC[C@@]4(C(=O)N4CCc5ncc(C(F)(F)F)cc5C4)C3)CC2)c1. The van der Waals surface area contributed by atoms with Crippen LogP contribution < -0.4 is 0 Å². The first kappa shape index (κ1) is 25.1. The fourth-order valence-corrected chi connectivity index (χ4v) is 7.37. The molecule has 8 heteroatoms. The minimum atomic E-state index is -4.44. The van der Waals surface area contributed by atoms with Crippen LogP contribution in [-0.4, -0.2) is 46.4 Å². The van der Waals surface area contributed by atoms with Gasteiger partial charge in [-0.15, -0.1) is 0 Å². The van der Waals surface area contributed by atoms with Gasteiger partial charge in [0.05, 0.1) is 22.6 Å². The van der Waals surface area contributed by atoms with Gasteiger partial charge in [0.15, 0.2) is 0 Å². The van der Waals surface area contributed by atoms with Crippen LogP contribution in [0, 0.1) is 22.7 Å². The van der Waals surface area contributed by atoms with Crippen LogP contribution >= 0.6 is 0 Å². The first-order valence-corrected chi connectivity index (χ1v) is 13.5. The number of hydrogen-bond acceptors (Lipinski definition) is 4. The molecule has 2 fully saturated rings. The van der Waals surface area contributed by atoms with Crippen LogP contribution in [-0.2, 0) is 23.9 Å². The third-order valence-electron chi connectivity index (χ3n) is 9.31. The van der Waals surface area contributed by atoms with Crippen molar-refractivity contribution < 1.29 is 18.0 Å². The molecule has 1 aromatic heterocycles. The number of benzene rings is 1. The molecule has 2 saturated carbocycles.